The summed E-state index contributed by atoms with van der Waals surface area (Å²) in [6.45, 7) is 2.85. The molecule has 1 aromatic carbocycles. The molecule has 0 radical (unpaired) electrons. The predicted octanol–water partition coefficient (Wildman–Crippen LogP) is 5.02. The van der Waals surface area contributed by atoms with E-state index in [4.69, 9.17) is 4.74 Å². The number of unbranched alkanes of at least 4 members (excludes halogenated alkanes) is 1. The van der Waals surface area contributed by atoms with E-state index in [0.717, 1.165) is 25.8 Å². The fourth-order valence-corrected chi connectivity index (χ4v) is 4.22. The zero-order valence-electron chi connectivity index (χ0n) is 14.2. The van der Waals surface area contributed by atoms with Crippen LogP contribution in [0.1, 0.15) is 69.8 Å². The van der Waals surface area contributed by atoms with Gasteiger partial charge in [0.25, 0.3) is 0 Å². The van der Waals surface area contributed by atoms with E-state index < -0.39 is 0 Å². The average molecular weight is 315 g/mol. The highest BCUT2D eigenvalue weighted by atomic mass is 16.6. The molecule has 0 bridgehead atoms. The van der Waals surface area contributed by atoms with Gasteiger partial charge in [-0.25, -0.2) is 4.79 Å². The van der Waals surface area contributed by atoms with E-state index in [1.165, 1.54) is 37.7 Å². The van der Waals surface area contributed by atoms with Crippen molar-refractivity contribution in [2.75, 3.05) is 6.54 Å². The first-order valence-corrected chi connectivity index (χ1v) is 9.23. The lowest BCUT2D eigenvalue weighted by atomic mass is 9.56. The molecular formula is C20H29NO2. The Kier molecular flexibility index (Phi) is 5.24. The quantitative estimate of drug-likeness (QED) is 0.775. The molecule has 2 fully saturated rings. The standard InChI is InChI=1S/C20H29NO2/c1-2-3-15-21-19(22)23-18-11-14-20(18)12-9-17(10-13-20)16-7-5-4-6-8-16/h4-8,17-18H,2-3,9-15H2,1H3,(H,21,22). The molecule has 1 aromatic rings. The van der Waals surface area contributed by atoms with E-state index >= 15 is 0 Å². The molecule has 0 saturated heterocycles. The number of rotatable bonds is 5. The van der Waals surface area contributed by atoms with E-state index in [9.17, 15) is 4.79 Å². The minimum Gasteiger partial charge on any atom is -0.446 e. The Morgan fingerprint density at radius 1 is 1.17 bits per heavy atom. The fourth-order valence-electron chi connectivity index (χ4n) is 4.22. The lowest BCUT2D eigenvalue weighted by Crippen LogP contribution is -2.50. The van der Waals surface area contributed by atoms with E-state index in [2.05, 4.69) is 42.6 Å². The number of carbonyl (C=O) groups is 1. The van der Waals surface area contributed by atoms with Crippen molar-refractivity contribution < 1.29 is 9.53 Å². The van der Waals surface area contributed by atoms with Crippen molar-refractivity contribution in [3.05, 3.63) is 35.9 Å². The summed E-state index contributed by atoms with van der Waals surface area (Å²) in [6.07, 6.45) is 9.13. The second kappa shape index (κ2) is 7.37. The second-order valence-corrected chi connectivity index (χ2v) is 7.26. The molecule has 0 heterocycles. The number of ether oxygens (including phenoxy) is 1. The van der Waals surface area contributed by atoms with Crippen LogP contribution in [0.5, 0.6) is 0 Å². The normalized spacial score (nSPS) is 29.8. The predicted molar refractivity (Wildman–Crippen MR) is 92.5 cm³/mol. The molecule has 3 rings (SSSR count). The van der Waals surface area contributed by atoms with Gasteiger partial charge in [-0.15, -0.1) is 0 Å². The highest BCUT2D eigenvalue weighted by molar-refractivity contribution is 5.67. The topological polar surface area (TPSA) is 38.3 Å². The van der Waals surface area contributed by atoms with Gasteiger partial charge in [-0.2, -0.15) is 0 Å². The van der Waals surface area contributed by atoms with Gasteiger partial charge in [-0.3, -0.25) is 0 Å². The Labute approximate surface area is 139 Å². The highest BCUT2D eigenvalue weighted by Crippen LogP contribution is 2.55. The first kappa shape index (κ1) is 16.4. The lowest BCUT2D eigenvalue weighted by Gasteiger charge is -2.52. The second-order valence-electron chi connectivity index (χ2n) is 7.26. The van der Waals surface area contributed by atoms with Crippen molar-refractivity contribution in [1.29, 1.82) is 0 Å². The van der Waals surface area contributed by atoms with Crippen molar-refractivity contribution in [3.8, 4) is 0 Å². The zero-order chi connectivity index (χ0) is 16.1. The molecule has 2 aliphatic rings. The molecule has 2 aliphatic carbocycles. The molecule has 1 amide bonds. The molecule has 2 saturated carbocycles. The molecule has 3 heteroatoms. The van der Waals surface area contributed by atoms with Gasteiger partial charge in [-0.1, -0.05) is 43.7 Å². The van der Waals surface area contributed by atoms with Gasteiger partial charge in [0.1, 0.15) is 6.10 Å². The monoisotopic (exact) mass is 315 g/mol. The summed E-state index contributed by atoms with van der Waals surface area (Å²) in [4.78, 5) is 11.9. The van der Waals surface area contributed by atoms with Crippen molar-refractivity contribution in [2.24, 2.45) is 5.41 Å². The Hall–Kier alpha value is -1.51. The third-order valence-electron chi connectivity index (χ3n) is 5.89. The third kappa shape index (κ3) is 3.70. The molecular weight excluding hydrogens is 286 g/mol. The number of benzene rings is 1. The largest absolute Gasteiger partial charge is 0.446 e. The Morgan fingerprint density at radius 2 is 1.87 bits per heavy atom. The van der Waals surface area contributed by atoms with Crippen LogP contribution in [0.3, 0.4) is 0 Å². The highest BCUT2D eigenvalue weighted by Gasteiger charge is 2.50. The number of hydrogen-bond donors (Lipinski definition) is 1. The van der Waals surface area contributed by atoms with Crippen molar-refractivity contribution in [2.45, 2.75) is 70.3 Å². The van der Waals surface area contributed by atoms with Crippen LogP contribution < -0.4 is 5.32 Å². The van der Waals surface area contributed by atoms with E-state index in [-0.39, 0.29) is 17.6 Å². The van der Waals surface area contributed by atoms with Crippen molar-refractivity contribution in [3.63, 3.8) is 0 Å². The van der Waals surface area contributed by atoms with Crippen molar-refractivity contribution >= 4 is 6.09 Å². The molecule has 23 heavy (non-hydrogen) atoms. The van der Waals surface area contributed by atoms with Gasteiger partial charge in [0, 0.05) is 12.0 Å². The molecule has 3 nitrogen and oxygen atoms in total. The summed E-state index contributed by atoms with van der Waals surface area (Å²) in [6, 6.07) is 10.9. The average Bonchev–Trinajstić information content (AvgIpc) is 2.60. The van der Waals surface area contributed by atoms with Crippen LogP contribution in [0.4, 0.5) is 4.79 Å². The number of hydrogen-bond acceptors (Lipinski definition) is 2. The number of nitrogens with one attached hydrogen (secondary N) is 1. The van der Waals surface area contributed by atoms with Crippen LogP contribution in [0.2, 0.25) is 0 Å². The maximum atomic E-state index is 11.9. The van der Waals surface area contributed by atoms with Crippen LogP contribution in [0.25, 0.3) is 0 Å². The SMILES string of the molecule is CCCCNC(=O)OC1CCC12CCC(c1ccccc1)CC2. The number of amides is 1. The van der Waals surface area contributed by atoms with Crippen LogP contribution in [-0.4, -0.2) is 18.7 Å². The minimum absolute atomic E-state index is 0.140. The molecule has 0 aliphatic heterocycles. The van der Waals surface area contributed by atoms with E-state index in [1.807, 2.05) is 0 Å². The Balaban J connectivity index is 1.49. The van der Waals surface area contributed by atoms with Gasteiger partial charge in [0.15, 0.2) is 0 Å². The first-order valence-electron chi connectivity index (χ1n) is 9.23. The summed E-state index contributed by atoms with van der Waals surface area (Å²) < 4.78 is 5.72. The van der Waals surface area contributed by atoms with Crippen LogP contribution in [0, 0.1) is 5.41 Å². The minimum atomic E-state index is -0.215. The van der Waals surface area contributed by atoms with Crippen LogP contribution in [0.15, 0.2) is 30.3 Å². The lowest BCUT2D eigenvalue weighted by molar-refractivity contribution is -0.0947. The fraction of sp³-hybridized carbons (Fsp3) is 0.650. The first-order chi connectivity index (χ1) is 11.2. The molecule has 1 N–H and O–H groups in total. The van der Waals surface area contributed by atoms with Crippen LogP contribution in [-0.2, 0) is 4.74 Å². The van der Waals surface area contributed by atoms with Gasteiger partial charge in [0.2, 0.25) is 0 Å². The van der Waals surface area contributed by atoms with Gasteiger partial charge in [0.05, 0.1) is 0 Å². The summed E-state index contributed by atoms with van der Waals surface area (Å²) >= 11 is 0. The zero-order valence-corrected chi connectivity index (χ0v) is 14.2. The smallest absolute Gasteiger partial charge is 0.407 e. The molecule has 1 unspecified atom stereocenters. The molecule has 1 spiro atoms. The maximum Gasteiger partial charge on any atom is 0.407 e. The molecule has 0 aromatic heterocycles. The third-order valence-corrected chi connectivity index (χ3v) is 5.89. The summed E-state index contributed by atoms with van der Waals surface area (Å²) in [7, 11) is 0. The number of alkyl carbamates (subject to hydrolysis) is 1. The summed E-state index contributed by atoms with van der Waals surface area (Å²) in [5.74, 6) is 0.682. The van der Waals surface area contributed by atoms with E-state index in [1.54, 1.807) is 0 Å². The van der Waals surface area contributed by atoms with Gasteiger partial charge >= 0.3 is 6.09 Å². The molecule has 1 atom stereocenters. The maximum absolute atomic E-state index is 11.9. The van der Waals surface area contributed by atoms with Gasteiger partial charge in [-0.05, 0) is 56.4 Å². The Bertz CT molecular complexity index is 506. The van der Waals surface area contributed by atoms with Crippen molar-refractivity contribution in [1.82, 2.24) is 5.32 Å². The Morgan fingerprint density at radius 3 is 2.48 bits per heavy atom. The molecule has 126 valence electrons. The summed E-state index contributed by atoms with van der Waals surface area (Å²) in [5.41, 5.74) is 1.74. The van der Waals surface area contributed by atoms with E-state index in [0.29, 0.717) is 5.92 Å². The summed E-state index contributed by atoms with van der Waals surface area (Å²) in [5, 5.41) is 2.88. The van der Waals surface area contributed by atoms with Gasteiger partial charge < -0.3 is 10.1 Å². The van der Waals surface area contributed by atoms with Crippen LogP contribution >= 0.6 is 0 Å². The number of carbonyl (C=O) groups excluding carboxylic acids is 1.